The molecule has 0 aromatic rings. The molecule has 0 amide bonds. The lowest BCUT2D eigenvalue weighted by Crippen LogP contribution is -2.42. The zero-order valence-corrected chi connectivity index (χ0v) is 18.8. The average molecular weight is 365 g/mol. The highest BCUT2D eigenvalue weighted by Gasteiger charge is 2.52. The van der Waals surface area contributed by atoms with Gasteiger partial charge in [0.15, 0.2) is 8.32 Å². The smallest absolute Gasteiger partial charge is 0.184 e. The van der Waals surface area contributed by atoms with Gasteiger partial charge in [-0.15, -0.1) is 0 Å². The lowest BCUT2D eigenvalue weighted by molar-refractivity contribution is -0.129. The van der Waals surface area contributed by atoms with E-state index in [0.717, 1.165) is 19.3 Å². The van der Waals surface area contributed by atoms with Crippen LogP contribution in [0.5, 0.6) is 0 Å². The van der Waals surface area contributed by atoms with Crippen LogP contribution in [0.3, 0.4) is 0 Å². The molecule has 2 saturated carbocycles. The van der Waals surface area contributed by atoms with E-state index in [9.17, 15) is 4.79 Å². The van der Waals surface area contributed by atoms with Gasteiger partial charge in [0.05, 0.1) is 5.60 Å². The Labute approximate surface area is 156 Å². The predicted molar refractivity (Wildman–Crippen MR) is 109 cm³/mol. The van der Waals surface area contributed by atoms with Crippen LogP contribution in [0, 0.1) is 29.1 Å². The van der Waals surface area contributed by atoms with E-state index in [2.05, 4.69) is 66.4 Å². The van der Waals surface area contributed by atoms with Crippen molar-refractivity contribution in [1.82, 2.24) is 0 Å². The molecule has 0 saturated heterocycles. The van der Waals surface area contributed by atoms with E-state index in [-0.39, 0.29) is 11.0 Å². The molecule has 0 heterocycles. The van der Waals surface area contributed by atoms with Crippen LogP contribution in [0.25, 0.3) is 0 Å². The fourth-order valence-corrected chi connectivity index (χ4v) is 7.19. The molecule has 0 aliphatic heterocycles. The highest BCUT2D eigenvalue weighted by atomic mass is 28.4. The zero-order chi connectivity index (χ0) is 19.0. The standard InChI is InChI=1S/C22H40O2Si/c1-16(11-12-17(2)21(3,4)24-25(6,7)8)18-13-14-19-20(23)10-9-15-22(18,19)5/h11-12,16-19H,9-10,13-15H2,1-8H3/b12-11+/t16-,17+,18-,19?,22-/m1/s1. The van der Waals surface area contributed by atoms with Crippen molar-refractivity contribution in [3.05, 3.63) is 12.2 Å². The lowest BCUT2D eigenvalue weighted by Gasteiger charge is -2.42. The van der Waals surface area contributed by atoms with Gasteiger partial charge in [-0.05, 0) is 76.4 Å². The van der Waals surface area contributed by atoms with Gasteiger partial charge in [-0.25, -0.2) is 0 Å². The fraction of sp³-hybridized carbons (Fsp3) is 0.864. The molecule has 2 aliphatic rings. The molecule has 2 rings (SSSR count). The summed E-state index contributed by atoms with van der Waals surface area (Å²) in [5.41, 5.74) is 0.107. The molecular weight excluding hydrogens is 324 g/mol. The Morgan fingerprint density at radius 1 is 1.20 bits per heavy atom. The number of fused-ring (bicyclic) bond motifs is 1. The van der Waals surface area contributed by atoms with Crippen LogP contribution in [0.15, 0.2) is 12.2 Å². The first-order chi connectivity index (χ1) is 11.4. The van der Waals surface area contributed by atoms with E-state index in [4.69, 9.17) is 4.43 Å². The van der Waals surface area contributed by atoms with Crippen LogP contribution in [-0.2, 0) is 9.22 Å². The summed E-state index contributed by atoms with van der Waals surface area (Å²) in [7, 11) is -1.55. The second kappa shape index (κ2) is 7.30. The third kappa shape index (κ3) is 4.66. The van der Waals surface area contributed by atoms with Crippen molar-refractivity contribution in [3.8, 4) is 0 Å². The third-order valence-corrected chi connectivity index (χ3v) is 8.08. The van der Waals surface area contributed by atoms with E-state index < -0.39 is 8.32 Å². The van der Waals surface area contributed by atoms with Gasteiger partial charge >= 0.3 is 0 Å². The van der Waals surface area contributed by atoms with Crippen LogP contribution in [0.2, 0.25) is 19.6 Å². The van der Waals surface area contributed by atoms with Gasteiger partial charge in [0, 0.05) is 18.3 Å². The van der Waals surface area contributed by atoms with Crippen LogP contribution in [0.1, 0.15) is 66.7 Å². The topological polar surface area (TPSA) is 26.3 Å². The van der Waals surface area contributed by atoms with Crippen LogP contribution in [-0.4, -0.2) is 19.7 Å². The zero-order valence-electron chi connectivity index (χ0n) is 17.8. The Balaban J connectivity index is 2.05. The molecule has 2 fully saturated rings. The van der Waals surface area contributed by atoms with E-state index in [1.54, 1.807) is 0 Å². The number of hydrogen-bond donors (Lipinski definition) is 0. The molecule has 0 radical (unpaired) electrons. The van der Waals surface area contributed by atoms with Crippen molar-refractivity contribution in [2.24, 2.45) is 29.1 Å². The number of rotatable bonds is 6. The van der Waals surface area contributed by atoms with Crippen molar-refractivity contribution in [2.45, 2.75) is 92.0 Å². The van der Waals surface area contributed by atoms with Crippen LogP contribution >= 0.6 is 0 Å². The summed E-state index contributed by atoms with van der Waals surface area (Å²) in [6, 6.07) is 0. The van der Waals surface area contributed by atoms with Crippen molar-refractivity contribution >= 4 is 14.1 Å². The molecule has 1 unspecified atom stereocenters. The molecule has 0 aromatic heterocycles. The van der Waals surface area contributed by atoms with E-state index in [0.29, 0.717) is 29.5 Å². The Bertz CT molecular complexity index is 517. The van der Waals surface area contributed by atoms with Gasteiger partial charge in [0.25, 0.3) is 0 Å². The number of ketones is 1. The summed E-state index contributed by atoms with van der Waals surface area (Å²) in [4.78, 5) is 12.3. The van der Waals surface area contributed by atoms with E-state index in [1.807, 2.05) is 0 Å². The Morgan fingerprint density at radius 2 is 1.84 bits per heavy atom. The average Bonchev–Trinajstić information content (AvgIpc) is 2.80. The number of hydrogen-bond acceptors (Lipinski definition) is 2. The number of allylic oxidation sites excluding steroid dienone is 1. The van der Waals surface area contributed by atoms with Crippen molar-refractivity contribution in [3.63, 3.8) is 0 Å². The maximum Gasteiger partial charge on any atom is 0.184 e. The molecule has 0 aromatic carbocycles. The second-order valence-electron chi connectivity index (χ2n) is 10.4. The summed E-state index contributed by atoms with van der Waals surface area (Å²) >= 11 is 0. The maximum atomic E-state index is 12.3. The molecule has 0 N–H and O–H groups in total. The Morgan fingerprint density at radius 3 is 2.44 bits per heavy atom. The highest BCUT2D eigenvalue weighted by molar-refractivity contribution is 6.69. The first kappa shape index (κ1) is 20.9. The molecule has 25 heavy (non-hydrogen) atoms. The second-order valence-corrected chi connectivity index (χ2v) is 14.8. The molecular formula is C22H40O2Si. The molecule has 144 valence electrons. The summed E-state index contributed by atoms with van der Waals surface area (Å²) in [6.07, 6.45) is 10.2. The van der Waals surface area contributed by atoms with Crippen molar-refractivity contribution in [1.29, 1.82) is 0 Å². The summed E-state index contributed by atoms with van der Waals surface area (Å²) in [5.74, 6) is 2.42. The molecule has 3 heteroatoms. The number of Topliss-reactive ketones (excluding diaryl/α,β-unsaturated/α-hetero) is 1. The monoisotopic (exact) mass is 364 g/mol. The van der Waals surface area contributed by atoms with E-state index in [1.165, 1.54) is 12.8 Å². The minimum absolute atomic E-state index is 0.121. The van der Waals surface area contributed by atoms with E-state index >= 15 is 0 Å². The summed E-state index contributed by atoms with van der Waals surface area (Å²) in [5, 5.41) is 0. The fourth-order valence-electron chi connectivity index (χ4n) is 5.42. The lowest BCUT2D eigenvalue weighted by atomic mass is 9.62. The van der Waals surface area contributed by atoms with Crippen molar-refractivity contribution < 1.29 is 9.22 Å². The first-order valence-electron chi connectivity index (χ1n) is 10.3. The predicted octanol–water partition coefficient (Wildman–Crippen LogP) is 6.23. The SMILES string of the molecule is C[C@H](/C=C/[C@H](C)C(C)(C)O[Si](C)(C)C)[C@H]1CCC2C(=O)CCC[C@@]21C. The van der Waals surface area contributed by atoms with Gasteiger partial charge in [0.2, 0.25) is 0 Å². The van der Waals surface area contributed by atoms with Crippen LogP contribution < -0.4 is 0 Å². The highest BCUT2D eigenvalue weighted by Crippen LogP contribution is 2.56. The number of carbonyl (C=O) groups is 1. The van der Waals surface area contributed by atoms with Gasteiger partial charge in [0.1, 0.15) is 5.78 Å². The first-order valence-corrected chi connectivity index (χ1v) is 13.7. The maximum absolute atomic E-state index is 12.3. The van der Waals surface area contributed by atoms with Gasteiger partial charge in [-0.2, -0.15) is 0 Å². The summed E-state index contributed by atoms with van der Waals surface area (Å²) < 4.78 is 6.41. The molecule has 5 atom stereocenters. The number of carbonyl (C=O) groups excluding carboxylic acids is 1. The third-order valence-electron chi connectivity index (χ3n) is 6.94. The molecule has 0 spiro atoms. The minimum atomic E-state index is -1.55. The largest absolute Gasteiger partial charge is 0.412 e. The quantitative estimate of drug-likeness (QED) is 0.412. The Kier molecular flexibility index (Phi) is 6.10. The molecule has 0 bridgehead atoms. The van der Waals surface area contributed by atoms with Gasteiger partial charge in [-0.1, -0.05) is 32.9 Å². The summed E-state index contributed by atoms with van der Waals surface area (Å²) in [6.45, 7) is 18.2. The minimum Gasteiger partial charge on any atom is -0.412 e. The molecule has 2 nitrogen and oxygen atoms in total. The normalized spacial score (nSPS) is 33.5. The Hall–Kier alpha value is -0.413. The van der Waals surface area contributed by atoms with Crippen molar-refractivity contribution in [2.75, 3.05) is 0 Å². The van der Waals surface area contributed by atoms with Crippen LogP contribution in [0.4, 0.5) is 0 Å². The van der Waals surface area contributed by atoms with Gasteiger partial charge < -0.3 is 4.43 Å². The molecule has 2 aliphatic carbocycles. The van der Waals surface area contributed by atoms with Gasteiger partial charge in [-0.3, -0.25) is 4.79 Å².